The molecule has 0 saturated heterocycles. The number of hydrogen-bond acceptors (Lipinski definition) is 1. The zero-order chi connectivity index (χ0) is 15.9. The molecule has 0 bridgehead atoms. The normalized spacial score (nSPS) is 11.8. The van der Waals surface area contributed by atoms with Crippen LogP contribution in [0.15, 0.2) is 24.3 Å². The molecule has 2 heteroatoms. The predicted molar refractivity (Wildman–Crippen MR) is 94.1 cm³/mol. The standard InChI is InChI=1S/C19H25OP/c1-12-8-14(3)18(15(4)9-12)21(7,20)19-16(5)10-13(2)11-17(19)6/h8-11H,1-7H3. The fourth-order valence-electron chi connectivity index (χ4n) is 3.80. The van der Waals surface area contributed by atoms with Crippen molar-refractivity contribution in [2.24, 2.45) is 0 Å². The second kappa shape index (κ2) is 5.46. The van der Waals surface area contributed by atoms with E-state index in [0.717, 1.165) is 32.9 Å². The second-order valence-corrected chi connectivity index (χ2v) is 9.16. The Labute approximate surface area is 128 Å². The van der Waals surface area contributed by atoms with Crippen molar-refractivity contribution < 1.29 is 4.57 Å². The Bertz CT molecular complexity index is 649. The molecule has 0 radical (unpaired) electrons. The van der Waals surface area contributed by atoms with Crippen LogP contribution in [0.1, 0.15) is 33.4 Å². The zero-order valence-corrected chi connectivity index (χ0v) is 15.1. The maximum absolute atomic E-state index is 13.7. The van der Waals surface area contributed by atoms with Crippen LogP contribution in [0.3, 0.4) is 0 Å². The van der Waals surface area contributed by atoms with Gasteiger partial charge in [-0.3, -0.25) is 0 Å². The molecule has 0 saturated carbocycles. The summed E-state index contributed by atoms with van der Waals surface area (Å²) >= 11 is 0. The van der Waals surface area contributed by atoms with Crippen molar-refractivity contribution in [3.05, 3.63) is 57.6 Å². The van der Waals surface area contributed by atoms with Gasteiger partial charge in [0.05, 0.1) is 0 Å². The van der Waals surface area contributed by atoms with Crippen molar-refractivity contribution in [1.29, 1.82) is 0 Å². The molecule has 1 nitrogen and oxygen atoms in total. The van der Waals surface area contributed by atoms with E-state index in [1.807, 2.05) is 6.66 Å². The van der Waals surface area contributed by atoms with Gasteiger partial charge in [-0.25, -0.2) is 0 Å². The number of rotatable bonds is 2. The van der Waals surface area contributed by atoms with E-state index in [0.29, 0.717) is 0 Å². The summed E-state index contributed by atoms with van der Waals surface area (Å²) in [7, 11) is -2.59. The Morgan fingerprint density at radius 2 is 0.857 bits per heavy atom. The fraction of sp³-hybridized carbons (Fsp3) is 0.368. The number of hydrogen-bond donors (Lipinski definition) is 0. The highest BCUT2D eigenvalue weighted by Gasteiger charge is 2.28. The molecule has 0 aliphatic heterocycles. The SMILES string of the molecule is Cc1cc(C)c(P(C)(=O)c2c(C)cc(C)cc2C)c(C)c1. The molecule has 0 fully saturated rings. The molecule has 0 unspecified atom stereocenters. The molecule has 2 aromatic rings. The van der Waals surface area contributed by atoms with Crippen LogP contribution in [0, 0.1) is 41.5 Å². The van der Waals surface area contributed by atoms with Gasteiger partial charge in [-0.1, -0.05) is 35.4 Å². The fourth-order valence-corrected chi connectivity index (χ4v) is 6.98. The molecule has 0 aromatic heterocycles. The van der Waals surface area contributed by atoms with Gasteiger partial charge < -0.3 is 4.57 Å². The summed E-state index contributed by atoms with van der Waals surface area (Å²) in [5.74, 6) is 0. The summed E-state index contributed by atoms with van der Waals surface area (Å²) in [5, 5.41) is 2.06. The minimum atomic E-state index is -2.59. The van der Waals surface area contributed by atoms with E-state index in [1.54, 1.807) is 0 Å². The quantitative estimate of drug-likeness (QED) is 0.747. The Balaban J connectivity index is 2.78. The monoisotopic (exact) mass is 300 g/mol. The van der Waals surface area contributed by atoms with Crippen molar-refractivity contribution in [3.8, 4) is 0 Å². The van der Waals surface area contributed by atoms with Gasteiger partial charge in [-0.2, -0.15) is 0 Å². The van der Waals surface area contributed by atoms with Gasteiger partial charge in [-0.05, 0) is 70.5 Å². The van der Waals surface area contributed by atoms with E-state index in [4.69, 9.17) is 0 Å². The van der Waals surface area contributed by atoms with Gasteiger partial charge in [0.25, 0.3) is 0 Å². The Kier molecular flexibility index (Phi) is 4.17. The third kappa shape index (κ3) is 2.85. The molecule has 0 spiro atoms. The smallest absolute Gasteiger partial charge is 0.141 e. The first-order valence-corrected chi connectivity index (χ1v) is 9.54. The van der Waals surface area contributed by atoms with Crippen LogP contribution >= 0.6 is 7.14 Å². The van der Waals surface area contributed by atoms with E-state index in [2.05, 4.69) is 65.8 Å². The molecule has 0 aliphatic carbocycles. The van der Waals surface area contributed by atoms with Crippen LogP contribution in [0.5, 0.6) is 0 Å². The molecule has 0 aliphatic rings. The second-order valence-electron chi connectivity index (χ2n) is 6.42. The molecule has 0 heterocycles. The van der Waals surface area contributed by atoms with E-state index in [9.17, 15) is 4.57 Å². The lowest BCUT2D eigenvalue weighted by atomic mass is 10.1. The summed E-state index contributed by atoms with van der Waals surface area (Å²) in [5.41, 5.74) is 7.00. The lowest BCUT2D eigenvalue weighted by molar-refractivity contribution is 0.590. The van der Waals surface area contributed by atoms with Crippen molar-refractivity contribution in [2.45, 2.75) is 41.5 Å². The average molecular weight is 300 g/mol. The summed E-state index contributed by atoms with van der Waals surface area (Å²) < 4.78 is 13.7. The lowest BCUT2D eigenvalue weighted by Gasteiger charge is -2.23. The van der Waals surface area contributed by atoms with Gasteiger partial charge >= 0.3 is 0 Å². The largest absolute Gasteiger partial charge is 0.314 e. The zero-order valence-electron chi connectivity index (χ0n) is 14.2. The van der Waals surface area contributed by atoms with E-state index in [-0.39, 0.29) is 0 Å². The first kappa shape index (κ1) is 16.0. The van der Waals surface area contributed by atoms with Crippen molar-refractivity contribution in [3.63, 3.8) is 0 Å². The van der Waals surface area contributed by atoms with Gasteiger partial charge in [0.2, 0.25) is 0 Å². The minimum Gasteiger partial charge on any atom is -0.314 e. The van der Waals surface area contributed by atoms with E-state index >= 15 is 0 Å². The molecule has 2 rings (SSSR count). The first-order valence-electron chi connectivity index (χ1n) is 7.39. The van der Waals surface area contributed by atoms with Crippen molar-refractivity contribution in [1.82, 2.24) is 0 Å². The third-order valence-corrected chi connectivity index (χ3v) is 7.24. The van der Waals surface area contributed by atoms with Gasteiger partial charge in [0.1, 0.15) is 7.14 Å². The van der Waals surface area contributed by atoms with Crippen LogP contribution in [0.4, 0.5) is 0 Å². The van der Waals surface area contributed by atoms with Crippen LogP contribution < -0.4 is 10.6 Å². The molecule has 0 amide bonds. The van der Waals surface area contributed by atoms with E-state index in [1.165, 1.54) is 11.1 Å². The molecular weight excluding hydrogens is 275 g/mol. The van der Waals surface area contributed by atoms with Crippen LogP contribution in [-0.2, 0) is 4.57 Å². The Morgan fingerprint density at radius 1 is 0.619 bits per heavy atom. The highest BCUT2D eigenvalue weighted by Crippen LogP contribution is 2.43. The third-order valence-electron chi connectivity index (χ3n) is 4.12. The summed E-state index contributed by atoms with van der Waals surface area (Å²) in [6.07, 6.45) is 0. The van der Waals surface area contributed by atoms with Crippen LogP contribution in [-0.4, -0.2) is 6.66 Å². The first-order chi connectivity index (χ1) is 9.64. The number of aryl methyl sites for hydroxylation is 6. The van der Waals surface area contributed by atoms with Crippen LogP contribution in [0.2, 0.25) is 0 Å². The topological polar surface area (TPSA) is 17.1 Å². The van der Waals surface area contributed by atoms with Gasteiger partial charge in [-0.15, -0.1) is 0 Å². The van der Waals surface area contributed by atoms with Gasteiger partial charge in [0.15, 0.2) is 0 Å². The minimum absolute atomic E-state index is 1.03. The maximum atomic E-state index is 13.7. The number of benzene rings is 2. The Morgan fingerprint density at radius 3 is 1.10 bits per heavy atom. The Hall–Kier alpha value is -1.33. The van der Waals surface area contributed by atoms with E-state index < -0.39 is 7.14 Å². The molecule has 0 atom stereocenters. The molecular formula is C19H25OP. The summed E-state index contributed by atoms with van der Waals surface area (Å²) in [6.45, 7) is 14.4. The van der Waals surface area contributed by atoms with Crippen molar-refractivity contribution >= 4 is 17.8 Å². The summed E-state index contributed by atoms with van der Waals surface area (Å²) in [6, 6.07) is 8.54. The molecule has 112 valence electrons. The van der Waals surface area contributed by atoms with Crippen LogP contribution in [0.25, 0.3) is 0 Å². The highest BCUT2D eigenvalue weighted by atomic mass is 31.2. The molecule has 0 N–H and O–H groups in total. The highest BCUT2D eigenvalue weighted by molar-refractivity contribution is 7.78. The molecule has 21 heavy (non-hydrogen) atoms. The van der Waals surface area contributed by atoms with Gasteiger partial charge in [0, 0.05) is 10.6 Å². The maximum Gasteiger partial charge on any atom is 0.141 e. The summed E-state index contributed by atoms with van der Waals surface area (Å²) in [4.78, 5) is 0. The predicted octanol–water partition coefficient (Wildman–Crippen LogP) is 4.48. The van der Waals surface area contributed by atoms with Crippen molar-refractivity contribution in [2.75, 3.05) is 6.66 Å². The molecule has 2 aromatic carbocycles. The lowest BCUT2D eigenvalue weighted by Crippen LogP contribution is -2.24. The average Bonchev–Trinajstić information content (AvgIpc) is 2.23.